The molecule has 0 spiro atoms. The summed E-state index contributed by atoms with van der Waals surface area (Å²) >= 11 is 10.2. The summed E-state index contributed by atoms with van der Waals surface area (Å²) in [6.07, 6.45) is 8.83. The molecule has 2 aliphatic carbocycles. The molecule has 1 fully saturated rings. The van der Waals surface area contributed by atoms with Crippen molar-refractivity contribution in [1.29, 1.82) is 0 Å². The van der Waals surface area contributed by atoms with Crippen LogP contribution in [0.1, 0.15) is 168 Å². The summed E-state index contributed by atoms with van der Waals surface area (Å²) < 4.78 is 99.7. The van der Waals surface area contributed by atoms with Crippen molar-refractivity contribution in [3.63, 3.8) is 0 Å². The van der Waals surface area contributed by atoms with Crippen LogP contribution < -0.4 is 30.1 Å². The Hall–Kier alpha value is -8.23. The third kappa shape index (κ3) is 19.1. The second-order valence-corrected chi connectivity index (χ2v) is 30.0. The van der Waals surface area contributed by atoms with E-state index in [0.29, 0.717) is 97.2 Å². The van der Waals surface area contributed by atoms with Gasteiger partial charge >= 0.3 is 19.1 Å². The topological polar surface area (TPSA) is 222 Å². The molecule has 24 heteroatoms. The number of hydrogen-bond acceptors (Lipinski definition) is 17. The lowest BCUT2D eigenvalue weighted by Crippen LogP contribution is -2.41. The smallest absolute Gasteiger partial charge is 0.492 e. The fraction of sp³-hybridized carbons (Fsp3) is 0.386. The highest BCUT2D eigenvalue weighted by Gasteiger charge is 2.53. The molecular formula is C83H91BBr3F2N3O15. The Balaban J connectivity index is 0.000000160. The Morgan fingerprint density at radius 1 is 0.598 bits per heavy atom. The van der Waals surface area contributed by atoms with Gasteiger partial charge in [-0.1, -0.05) is 72.1 Å². The van der Waals surface area contributed by atoms with Crippen molar-refractivity contribution in [3.8, 4) is 57.0 Å². The van der Waals surface area contributed by atoms with E-state index in [-0.39, 0.29) is 60.4 Å². The number of benzene rings is 7. The van der Waals surface area contributed by atoms with Crippen LogP contribution in [0.3, 0.4) is 0 Å². The number of aryl methyl sites for hydroxylation is 6. The Labute approximate surface area is 649 Å². The Morgan fingerprint density at radius 3 is 1.45 bits per heavy atom. The third-order valence-corrected chi connectivity index (χ3v) is 22.9. The maximum Gasteiger partial charge on any atom is 0.495 e. The zero-order chi connectivity index (χ0) is 77.2. The van der Waals surface area contributed by atoms with E-state index in [9.17, 15) is 14.4 Å². The number of nitrogens with zero attached hydrogens (tertiary/aromatic N) is 2. The largest absolute Gasteiger partial charge is 0.495 e. The van der Waals surface area contributed by atoms with Crippen molar-refractivity contribution in [2.24, 2.45) is 5.73 Å². The van der Waals surface area contributed by atoms with Crippen LogP contribution in [-0.4, -0.2) is 98.4 Å². The molecule has 566 valence electrons. The van der Waals surface area contributed by atoms with Crippen LogP contribution in [-0.2, 0) is 50.7 Å². The monoisotopic (exact) mass is 1660 g/mol. The summed E-state index contributed by atoms with van der Waals surface area (Å²) in [4.78, 5) is 42.6. The Morgan fingerprint density at radius 2 is 1.03 bits per heavy atom. The second-order valence-electron chi connectivity index (χ2n) is 27.7. The summed E-state index contributed by atoms with van der Waals surface area (Å²) in [6, 6.07) is 29.7. The van der Waals surface area contributed by atoms with E-state index in [2.05, 4.69) is 110 Å². The van der Waals surface area contributed by atoms with Gasteiger partial charge in [0.25, 0.3) is 0 Å². The van der Waals surface area contributed by atoms with E-state index in [4.69, 9.17) is 61.8 Å². The van der Waals surface area contributed by atoms with Crippen molar-refractivity contribution < 1.29 is 79.2 Å². The number of aromatic nitrogens is 2. The van der Waals surface area contributed by atoms with Gasteiger partial charge in [-0.05, 0) is 231 Å². The zero-order valence-corrected chi connectivity index (χ0v) is 67.5. The van der Waals surface area contributed by atoms with Crippen LogP contribution in [0.5, 0.6) is 23.0 Å². The molecule has 5 aliphatic rings. The number of carbonyl (C=O) groups excluding carboxylic acids is 3. The number of ether oxygens (including phenoxy) is 8. The van der Waals surface area contributed by atoms with Gasteiger partial charge in [-0.2, -0.15) is 0 Å². The molecule has 4 atom stereocenters. The quantitative estimate of drug-likeness (QED) is 0.0365. The van der Waals surface area contributed by atoms with Crippen LogP contribution in [0.25, 0.3) is 34.0 Å². The van der Waals surface area contributed by atoms with E-state index in [1.807, 2.05) is 97.9 Å². The first-order valence-corrected chi connectivity index (χ1v) is 38.3. The molecule has 2 N–H and O–H groups in total. The Bertz CT molecular complexity index is 4560. The number of alkyl halides is 1. The second kappa shape index (κ2) is 35.9. The number of halogens is 5. The summed E-state index contributed by atoms with van der Waals surface area (Å²) in [5.74, 6) is 2.33. The lowest BCUT2D eigenvalue weighted by Gasteiger charge is -2.32. The first kappa shape index (κ1) is 81.3. The predicted molar refractivity (Wildman–Crippen MR) is 417 cm³/mol. The third-order valence-electron chi connectivity index (χ3n) is 19.8. The molecule has 1 saturated heterocycles. The van der Waals surface area contributed by atoms with Crippen LogP contribution in [0.2, 0.25) is 0 Å². The van der Waals surface area contributed by atoms with Gasteiger partial charge in [0.1, 0.15) is 59.4 Å². The fourth-order valence-corrected chi connectivity index (χ4v) is 14.7. The zero-order valence-electron chi connectivity index (χ0n) is 62.8. The van der Waals surface area contributed by atoms with Crippen LogP contribution in [0, 0.1) is 53.2 Å². The average molecular weight is 1660 g/mol. The number of amides is 1. The summed E-state index contributed by atoms with van der Waals surface area (Å²) in [5, 5.41) is 0.745. The molecule has 0 unspecified atom stereocenters. The number of rotatable bonds is 18. The highest BCUT2D eigenvalue weighted by Crippen LogP contribution is 2.47. The number of esters is 2. The molecule has 7 aromatic carbocycles. The number of fused-ring (bicyclic) bond motifs is 4. The Kier molecular flexibility index (Phi) is 27.3. The molecular weight excluding hydrogens is 1570 g/mol. The minimum absolute atomic E-state index is 0.0383. The van der Waals surface area contributed by atoms with Crippen molar-refractivity contribution in [3.05, 3.63) is 215 Å². The van der Waals surface area contributed by atoms with Gasteiger partial charge in [-0.3, -0.25) is 14.4 Å². The SMILES string of the molecule is CCOC(CBr)OCC.COC(=O)C[C@@H]1COc2cc(O[C@@H]3CCc4c(-c5c(C)cc(-c6ncco6)cc5C)ccc(F)c43)ccc21.COC(=O)C[C@@H]1COc2cc(O[C@@H]3CCc4c(B5OC(C)(C)C(C)(C)O5)ccc(F)c43)ccc21.Cc1cc(-c2ncco2)cc(C)c1Br.Cc1cc(C(N)=O)cc(C)c1Br. The van der Waals surface area contributed by atoms with Crippen molar-refractivity contribution in [1.82, 2.24) is 9.97 Å². The highest BCUT2D eigenvalue weighted by molar-refractivity contribution is 9.11. The summed E-state index contributed by atoms with van der Waals surface area (Å²) in [6.45, 7) is 26.3. The molecule has 0 bridgehead atoms. The minimum Gasteiger partial charge on any atom is -0.492 e. The predicted octanol–water partition coefficient (Wildman–Crippen LogP) is 18.8. The average Bonchev–Trinajstić information content (AvgIpc) is 1.61. The maximum atomic E-state index is 15.2. The van der Waals surface area contributed by atoms with Gasteiger partial charge in [0, 0.05) is 85.1 Å². The molecule has 18 nitrogen and oxygen atoms in total. The lowest BCUT2D eigenvalue weighted by atomic mass is 9.75. The molecule has 9 aromatic rings. The van der Waals surface area contributed by atoms with Crippen LogP contribution in [0.15, 0.2) is 140 Å². The maximum absolute atomic E-state index is 15.2. The number of hydrogen-bond donors (Lipinski definition) is 1. The molecule has 0 radical (unpaired) electrons. The van der Waals surface area contributed by atoms with Gasteiger partial charge < -0.3 is 61.8 Å². The number of carbonyl (C=O) groups is 3. The highest BCUT2D eigenvalue weighted by atomic mass is 79.9. The van der Waals surface area contributed by atoms with E-state index in [0.717, 1.165) is 92.9 Å². The normalized spacial score (nSPS) is 17.2. The van der Waals surface area contributed by atoms with Crippen molar-refractivity contribution >= 4 is 78.2 Å². The van der Waals surface area contributed by atoms with E-state index >= 15 is 8.78 Å². The fourth-order valence-electron chi connectivity index (χ4n) is 13.8. The van der Waals surface area contributed by atoms with Gasteiger partial charge in [0.05, 0.1) is 69.2 Å². The first-order chi connectivity index (χ1) is 51.1. The van der Waals surface area contributed by atoms with E-state index in [1.54, 1.807) is 49.2 Å². The first-order valence-electron chi connectivity index (χ1n) is 35.6. The lowest BCUT2D eigenvalue weighted by molar-refractivity contribution is -0.142. The number of primary amides is 1. The van der Waals surface area contributed by atoms with Crippen molar-refractivity contribution in [2.75, 3.05) is 46.0 Å². The number of methoxy groups -OCH3 is 2. The number of oxazole rings is 2. The molecule has 1 amide bonds. The molecule has 5 heterocycles. The van der Waals surface area contributed by atoms with Gasteiger partial charge in [0.15, 0.2) is 6.29 Å². The molecule has 2 aromatic heterocycles. The van der Waals surface area contributed by atoms with Gasteiger partial charge in [0.2, 0.25) is 17.7 Å². The number of nitrogens with two attached hydrogens (primary N) is 1. The van der Waals surface area contributed by atoms with E-state index < -0.39 is 30.5 Å². The van der Waals surface area contributed by atoms with Crippen LogP contribution >= 0.6 is 47.8 Å². The minimum atomic E-state index is -0.543. The molecule has 107 heavy (non-hydrogen) atoms. The van der Waals surface area contributed by atoms with Gasteiger partial charge in [-0.25, -0.2) is 18.7 Å². The summed E-state index contributed by atoms with van der Waals surface area (Å²) in [5.41, 5.74) is 21.3. The molecule has 0 saturated carbocycles. The standard InChI is InChI=1S/C31H28FNO5.C26H30BFO6.C11H10BrNO.C9H10BrNO.C6H13BrO2/c1-17-12-19(31-33-10-11-36-31)13-18(2)29(17)23-6-8-25(32)30-24(23)7-9-26(30)38-21-4-5-22-20(14-28(34)35-3)16-37-27(22)15-21;1-25(2)26(3,4)34-27(33-25)19-9-10-20(28)24-18(19)8-11-21(24)32-16-6-7-17-15(12-23(29)30-5)14-31-22(17)13-16;1-7-5-9(6-8(2)10(7)12)11-13-3-4-14-11;1-5-3-7(9(11)12)4-6(2)8(5)10;1-3-8-6(5-7)9-4-2/h4-6,8,10-13,15,20,26H,7,9,14,16H2,1-3H3;6-7,9-10,13,15,21H,8,11-12,14H2,1-5H3;3-6H,1-2H3;3-4H,1-2H3,(H2,11,12);6H,3-5H2,1-2H3/t20-,26-;15-,21-;;;/m11.../s1. The summed E-state index contributed by atoms with van der Waals surface area (Å²) in [7, 11) is 2.22. The van der Waals surface area contributed by atoms with Crippen molar-refractivity contribution in [2.45, 2.75) is 163 Å². The van der Waals surface area contributed by atoms with E-state index in [1.165, 1.54) is 31.4 Å². The van der Waals surface area contributed by atoms with Gasteiger partial charge in [-0.15, -0.1) is 0 Å². The molecule has 3 aliphatic heterocycles. The molecule has 14 rings (SSSR count). The van der Waals surface area contributed by atoms with Crippen LogP contribution in [0.4, 0.5) is 8.78 Å².